The molecular formula is C23H26N2O4. The van der Waals surface area contributed by atoms with Crippen LogP contribution >= 0.6 is 0 Å². The fourth-order valence-corrected chi connectivity index (χ4v) is 3.53. The lowest BCUT2D eigenvalue weighted by Gasteiger charge is -2.17. The van der Waals surface area contributed by atoms with Gasteiger partial charge in [0.1, 0.15) is 41.8 Å². The minimum absolute atomic E-state index is 0.217. The number of nitrogens with zero attached hydrogens (tertiary/aromatic N) is 2. The Bertz CT molecular complexity index is 938. The summed E-state index contributed by atoms with van der Waals surface area (Å²) in [5, 5.41) is 14.3. The Morgan fingerprint density at radius 3 is 2.62 bits per heavy atom. The molecule has 6 nitrogen and oxygen atoms in total. The molecule has 1 aromatic heterocycles. The van der Waals surface area contributed by atoms with E-state index in [4.69, 9.17) is 14.0 Å². The minimum Gasteiger partial charge on any atom is -0.487 e. The summed E-state index contributed by atoms with van der Waals surface area (Å²) in [6.45, 7) is 6.32. The number of β-amino-alcohol motifs (C(OH)–C–C–N with tert-alkyl or cyclic N) is 1. The average molecular weight is 394 g/mol. The maximum absolute atomic E-state index is 10.4. The molecule has 4 rings (SSSR count). The molecule has 6 heteroatoms. The van der Waals surface area contributed by atoms with Crippen LogP contribution in [0, 0.1) is 13.8 Å². The van der Waals surface area contributed by atoms with E-state index in [1.165, 1.54) is 0 Å². The average Bonchev–Trinajstić information content (AvgIpc) is 3.26. The zero-order valence-electron chi connectivity index (χ0n) is 16.7. The monoisotopic (exact) mass is 394 g/mol. The summed E-state index contributed by atoms with van der Waals surface area (Å²) in [7, 11) is 0. The zero-order chi connectivity index (χ0) is 20.2. The first-order chi connectivity index (χ1) is 14.0. The summed E-state index contributed by atoms with van der Waals surface area (Å²) >= 11 is 0. The fourth-order valence-electron chi connectivity index (χ4n) is 3.53. The van der Waals surface area contributed by atoms with Gasteiger partial charge in [0.15, 0.2) is 0 Å². The number of aliphatic hydroxyl groups excluding tert-OH is 1. The number of aromatic nitrogens is 1. The number of benzene rings is 2. The van der Waals surface area contributed by atoms with Gasteiger partial charge < -0.3 is 19.1 Å². The van der Waals surface area contributed by atoms with Gasteiger partial charge >= 0.3 is 0 Å². The third-order valence-corrected chi connectivity index (χ3v) is 4.98. The molecule has 1 fully saturated rings. The minimum atomic E-state index is -0.496. The second kappa shape index (κ2) is 8.68. The number of aliphatic hydroxyl groups is 1. The van der Waals surface area contributed by atoms with Gasteiger partial charge in [-0.25, -0.2) is 0 Å². The summed E-state index contributed by atoms with van der Waals surface area (Å²) in [5.41, 5.74) is 3.09. The van der Waals surface area contributed by atoms with E-state index in [9.17, 15) is 5.11 Å². The second-order valence-corrected chi connectivity index (χ2v) is 7.60. The van der Waals surface area contributed by atoms with Gasteiger partial charge in [0.05, 0.1) is 0 Å². The van der Waals surface area contributed by atoms with E-state index in [0.717, 1.165) is 40.6 Å². The lowest BCUT2D eigenvalue weighted by molar-refractivity contribution is 0.0736. The van der Waals surface area contributed by atoms with Crippen LogP contribution in [0.4, 0.5) is 0 Å². The number of aryl methyl sites for hydroxylation is 2. The highest BCUT2D eigenvalue weighted by Crippen LogP contribution is 2.22. The van der Waals surface area contributed by atoms with Gasteiger partial charge in [-0.1, -0.05) is 29.4 Å². The van der Waals surface area contributed by atoms with Crippen molar-refractivity contribution in [3.63, 3.8) is 0 Å². The summed E-state index contributed by atoms with van der Waals surface area (Å²) in [5.74, 6) is 2.37. The quantitative estimate of drug-likeness (QED) is 0.662. The number of hydrogen-bond donors (Lipinski definition) is 1. The Labute approximate surface area is 170 Å². The number of ether oxygens (including phenoxy) is 2. The summed E-state index contributed by atoms with van der Waals surface area (Å²) < 4.78 is 16.8. The summed E-state index contributed by atoms with van der Waals surface area (Å²) in [6.07, 6.45) is -0.714. The van der Waals surface area contributed by atoms with Crippen molar-refractivity contribution in [2.24, 2.45) is 0 Å². The van der Waals surface area contributed by atoms with Crippen molar-refractivity contribution in [3.8, 4) is 11.5 Å². The van der Waals surface area contributed by atoms with Crippen LogP contribution in [0.25, 0.3) is 0 Å². The molecule has 0 aliphatic carbocycles. The van der Waals surface area contributed by atoms with E-state index >= 15 is 0 Å². The molecule has 0 radical (unpaired) electrons. The molecule has 29 heavy (non-hydrogen) atoms. The van der Waals surface area contributed by atoms with Crippen LogP contribution in [-0.2, 0) is 13.2 Å². The molecule has 2 atom stereocenters. The topological polar surface area (TPSA) is 68.0 Å². The smallest absolute Gasteiger partial charge is 0.138 e. The van der Waals surface area contributed by atoms with Gasteiger partial charge in [-0.15, -0.1) is 0 Å². The van der Waals surface area contributed by atoms with E-state index in [0.29, 0.717) is 19.7 Å². The molecule has 1 aliphatic heterocycles. The van der Waals surface area contributed by atoms with Crippen LogP contribution in [0.3, 0.4) is 0 Å². The van der Waals surface area contributed by atoms with Crippen LogP contribution in [0.2, 0.25) is 0 Å². The van der Waals surface area contributed by atoms with E-state index in [1.807, 2.05) is 68.4 Å². The molecular weight excluding hydrogens is 368 g/mol. The van der Waals surface area contributed by atoms with Crippen LogP contribution in [0.5, 0.6) is 11.5 Å². The van der Waals surface area contributed by atoms with Crippen molar-refractivity contribution in [2.75, 3.05) is 13.1 Å². The summed E-state index contributed by atoms with van der Waals surface area (Å²) in [6, 6.07) is 17.8. The lowest BCUT2D eigenvalue weighted by atomic mass is 10.2. The first-order valence-corrected chi connectivity index (χ1v) is 9.83. The van der Waals surface area contributed by atoms with Crippen molar-refractivity contribution in [1.29, 1.82) is 0 Å². The van der Waals surface area contributed by atoms with Gasteiger partial charge in [0.25, 0.3) is 0 Å². The van der Waals surface area contributed by atoms with E-state index < -0.39 is 6.10 Å². The van der Waals surface area contributed by atoms with Crippen LogP contribution in [-0.4, -0.2) is 40.5 Å². The third kappa shape index (κ3) is 5.16. The van der Waals surface area contributed by atoms with Gasteiger partial charge in [-0.05, 0) is 49.2 Å². The van der Waals surface area contributed by atoms with Gasteiger partial charge in [-0.2, -0.15) is 0 Å². The Balaban J connectivity index is 1.29. The predicted molar refractivity (Wildman–Crippen MR) is 109 cm³/mol. The molecule has 1 saturated heterocycles. The Kier molecular flexibility index (Phi) is 5.83. The van der Waals surface area contributed by atoms with Gasteiger partial charge in [0.2, 0.25) is 0 Å². The Morgan fingerprint density at radius 1 is 1.07 bits per heavy atom. The lowest BCUT2D eigenvalue weighted by Crippen LogP contribution is -2.29. The van der Waals surface area contributed by atoms with Crippen LogP contribution in [0.1, 0.15) is 22.6 Å². The Morgan fingerprint density at radius 2 is 1.90 bits per heavy atom. The van der Waals surface area contributed by atoms with Crippen LogP contribution in [0.15, 0.2) is 59.1 Å². The highest BCUT2D eigenvalue weighted by molar-refractivity contribution is 5.29. The molecule has 0 spiro atoms. The van der Waals surface area contributed by atoms with E-state index in [1.54, 1.807) is 0 Å². The molecule has 152 valence electrons. The molecule has 0 amide bonds. The predicted octanol–water partition coefficient (Wildman–Crippen LogP) is 3.49. The highest BCUT2D eigenvalue weighted by atomic mass is 16.5. The molecule has 1 N–H and O–H groups in total. The van der Waals surface area contributed by atoms with E-state index in [-0.39, 0.29) is 6.10 Å². The maximum atomic E-state index is 10.4. The van der Waals surface area contributed by atoms with Crippen molar-refractivity contribution in [3.05, 3.63) is 77.2 Å². The molecule has 0 unspecified atom stereocenters. The number of rotatable bonds is 7. The Hall–Kier alpha value is -2.83. The molecule has 2 aromatic carbocycles. The zero-order valence-corrected chi connectivity index (χ0v) is 16.7. The number of hydrogen-bond acceptors (Lipinski definition) is 6. The highest BCUT2D eigenvalue weighted by Gasteiger charge is 2.32. The fraction of sp³-hybridized carbons (Fsp3) is 0.348. The molecule has 0 bridgehead atoms. The van der Waals surface area contributed by atoms with Crippen LogP contribution < -0.4 is 9.47 Å². The van der Waals surface area contributed by atoms with Crippen molar-refractivity contribution in [1.82, 2.24) is 10.1 Å². The van der Waals surface area contributed by atoms with Crippen molar-refractivity contribution < 1.29 is 19.1 Å². The first-order valence-electron chi connectivity index (χ1n) is 9.83. The van der Waals surface area contributed by atoms with E-state index in [2.05, 4.69) is 10.1 Å². The maximum Gasteiger partial charge on any atom is 0.138 e. The second-order valence-electron chi connectivity index (χ2n) is 7.60. The molecule has 3 aromatic rings. The normalized spacial score (nSPS) is 19.4. The summed E-state index contributed by atoms with van der Waals surface area (Å²) in [4.78, 5) is 2.21. The molecule has 0 saturated carbocycles. The molecule has 1 aliphatic rings. The third-order valence-electron chi connectivity index (χ3n) is 4.98. The number of likely N-dealkylation sites (tertiary alicyclic amines) is 1. The van der Waals surface area contributed by atoms with Gasteiger partial charge in [-0.3, -0.25) is 4.90 Å². The first kappa shape index (κ1) is 19.5. The van der Waals surface area contributed by atoms with Crippen molar-refractivity contribution in [2.45, 2.75) is 39.2 Å². The molecule has 2 heterocycles. The SMILES string of the molecule is Cc1cccc(O[C@H]2CN(Cc3ccc(OCc4cc(C)on4)cc3)C[C@@H]2O)c1. The largest absolute Gasteiger partial charge is 0.487 e. The standard InChI is InChI=1S/C23H26N2O4/c1-16-4-3-5-21(10-16)28-23-14-25(13-22(23)26)12-18-6-8-20(9-7-18)27-15-19-11-17(2)29-24-19/h3-11,22-23,26H,12-15H2,1-2H3/t22-,23-/m0/s1. The van der Waals surface area contributed by atoms with Crippen molar-refractivity contribution >= 4 is 0 Å². The van der Waals surface area contributed by atoms with Gasteiger partial charge in [0, 0.05) is 25.7 Å².